The number of nitriles is 1. The number of aromatic nitrogens is 4. The summed E-state index contributed by atoms with van der Waals surface area (Å²) in [5.74, 6) is 1.99. The Labute approximate surface area is 156 Å². The number of nitrogens with zero attached hydrogens (tertiary/aromatic N) is 5. The maximum Gasteiger partial charge on any atom is 0.228 e. The number of hydrogen-bond acceptors (Lipinski definition) is 5. The van der Waals surface area contributed by atoms with Gasteiger partial charge in [0, 0.05) is 36.5 Å². The number of benzene rings is 2. The van der Waals surface area contributed by atoms with Crippen LogP contribution in [-0.2, 0) is 13.0 Å². The summed E-state index contributed by atoms with van der Waals surface area (Å²) >= 11 is 0. The van der Waals surface area contributed by atoms with E-state index in [1.54, 1.807) is 12.3 Å². The first-order valence-electron chi connectivity index (χ1n) is 8.64. The molecule has 4 aromatic rings. The SMILES string of the molecule is Cc1ccc(-c2noc(CCn3ccnc3-c3cccc(C#N)c3)n2)cc1. The van der Waals surface area contributed by atoms with Crippen LogP contribution in [0.15, 0.2) is 65.4 Å². The Hall–Kier alpha value is -3.72. The van der Waals surface area contributed by atoms with Gasteiger partial charge >= 0.3 is 0 Å². The molecule has 0 unspecified atom stereocenters. The summed E-state index contributed by atoms with van der Waals surface area (Å²) in [7, 11) is 0. The van der Waals surface area contributed by atoms with Gasteiger partial charge in [-0.1, -0.05) is 47.1 Å². The smallest absolute Gasteiger partial charge is 0.228 e. The zero-order chi connectivity index (χ0) is 18.6. The predicted octanol–water partition coefficient (Wildman–Crippen LogP) is 4.02. The van der Waals surface area contributed by atoms with Crippen molar-refractivity contribution >= 4 is 0 Å². The molecule has 6 nitrogen and oxygen atoms in total. The molecule has 0 amide bonds. The van der Waals surface area contributed by atoms with Gasteiger partial charge in [-0.25, -0.2) is 4.98 Å². The third-order valence-corrected chi connectivity index (χ3v) is 4.31. The standard InChI is InChI=1S/C21H17N5O/c1-15-5-7-17(8-6-15)20-24-19(27-25-20)9-11-26-12-10-23-21(26)18-4-2-3-16(13-18)14-22/h2-8,10,12-13H,9,11H2,1H3. The summed E-state index contributed by atoms with van der Waals surface area (Å²) in [6.07, 6.45) is 4.26. The maximum atomic E-state index is 9.09. The van der Waals surface area contributed by atoms with Gasteiger partial charge in [-0.05, 0) is 19.1 Å². The minimum Gasteiger partial charge on any atom is -0.339 e. The largest absolute Gasteiger partial charge is 0.339 e. The van der Waals surface area contributed by atoms with E-state index in [9.17, 15) is 0 Å². The van der Waals surface area contributed by atoms with Crippen LogP contribution in [0.25, 0.3) is 22.8 Å². The lowest BCUT2D eigenvalue weighted by Gasteiger charge is -2.06. The van der Waals surface area contributed by atoms with Gasteiger partial charge < -0.3 is 9.09 Å². The van der Waals surface area contributed by atoms with Crippen molar-refractivity contribution in [3.05, 3.63) is 77.9 Å². The molecule has 0 bridgehead atoms. The van der Waals surface area contributed by atoms with Crippen LogP contribution in [0.2, 0.25) is 0 Å². The fraction of sp³-hybridized carbons (Fsp3) is 0.143. The zero-order valence-electron chi connectivity index (χ0n) is 14.8. The van der Waals surface area contributed by atoms with Gasteiger partial charge in [-0.2, -0.15) is 10.2 Å². The number of aryl methyl sites for hydroxylation is 3. The highest BCUT2D eigenvalue weighted by molar-refractivity contribution is 5.58. The van der Waals surface area contributed by atoms with E-state index in [0.717, 1.165) is 17.0 Å². The van der Waals surface area contributed by atoms with E-state index >= 15 is 0 Å². The molecule has 0 spiro atoms. The molecule has 4 rings (SSSR count). The zero-order valence-corrected chi connectivity index (χ0v) is 14.8. The molecule has 0 aliphatic carbocycles. The van der Waals surface area contributed by atoms with Crippen LogP contribution >= 0.6 is 0 Å². The van der Waals surface area contributed by atoms with Crippen molar-refractivity contribution < 1.29 is 4.52 Å². The topological polar surface area (TPSA) is 80.5 Å². The van der Waals surface area contributed by atoms with Gasteiger partial charge in [-0.3, -0.25) is 0 Å². The molecule has 0 fully saturated rings. The highest BCUT2D eigenvalue weighted by atomic mass is 16.5. The summed E-state index contributed by atoms with van der Waals surface area (Å²) in [6, 6.07) is 17.6. The van der Waals surface area contributed by atoms with Crippen molar-refractivity contribution in [2.24, 2.45) is 0 Å². The third kappa shape index (κ3) is 3.62. The summed E-state index contributed by atoms with van der Waals surface area (Å²) < 4.78 is 7.41. The fourth-order valence-corrected chi connectivity index (χ4v) is 2.87. The van der Waals surface area contributed by atoms with Crippen LogP contribution in [0.5, 0.6) is 0 Å². The number of rotatable bonds is 5. The molecule has 6 heteroatoms. The molecule has 0 aliphatic heterocycles. The monoisotopic (exact) mass is 355 g/mol. The molecular weight excluding hydrogens is 338 g/mol. The summed E-state index contributed by atoms with van der Waals surface area (Å²) in [4.78, 5) is 8.91. The van der Waals surface area contributed by atoms with Crippen molar-refractivity contribution in [3.63, 3.8) is 0 Å². The van der Waals surface area contributed by atoms with Crippen molar-refractivity contribution in [3.8, 4) is 28.8 Å². The normalized spacial score (nSPS) is 10.7. The molecule has 0 radical (unpaired) electrons. The van der Waals surface area contributed by atoms with Gasteiger partial charge in [0.25, 0.3) is 0 Å². The van der Waals surface area contributed by atoms with Crippen molar-refractivity contribution in [1.29, 1.82) is 5.26 Å². The quantitative estimate of drug-likeness (QED) is 0.540. The Morgan fingerprint density at radius 1 is 1.11 bits per heavy atom. The third-order valence-electron chi connectivity index (χ3n) is 4.31. The number of imidazole rings is 1. The summed E-state index contributed by atoms with van der Waals surface area (Å²) in [5.41, 5.74) is 3.65. The second-order valence-corrected chi connectivity index (χ2v) is 6.26. The highest BCUT2D eigenvalue weighted by Crippen LogP contribution is 2.20. The molecule has 132 valence electrons. The van der Waals surface area contributed by atoms with E-state index < -0.39 is 0 Å². The average molecular weight is 355 g/mol. The van der Waals surface area contributed by atoms with E-state index in [0.29, 0.717) is 30.2 Å². The molecule has 2 aromatic carbocycles. The van der Waals surface area contributed by atoms with E-state index in [1.807, 2.05) is 60.2 Å². The minimum atomic E-state index is 0.580. The molecule has 0 aliphatic rings. The van der Waals surface area contributed by atoms with Gasteiger partial charge in [0.1, 0.15) is 5.82 Å². The van der Waals surface area contributed by atoms with Crippen LogP contribution < -0.4 is 0 Å². The minimum absolute atomic E-state index is 0.580. The average Bonchev–Trinajstić information content (AvgIpc) is 3.36. The molecular formula is C21H17N5O. The fourth-order valence-electron chi connectivity index (χ4n) is 2.87. The molecule has 27 heavy (non-hydrogen) atoms. The maximum absolute atomic E-state index is 9.09. The lowest BCUT2D eigenvalue weighted by atomic mass is 10.1. The van der Waals surface area contributed by atoms with E-state index in [1.165, 1.54) is 5.56 Å². The van der Waals surface area contributed by atoms with Crippen molar-refractivity contribution in [2.75, 3.05) is 0 Å². The highest BCUT2D eigenvalue weighted by Gasteiger charge is 2.11. The first-order chi connectivity index (χ1) is 13.2. The van der Waals surface area contributed by atoms with Crippen LogP contribution in [0.4, 0.5) is 0 Å². The molecule has 0 atom stereocenters. The van der Waals surface area contributed by atoms with Crippen LogP contribution in [-0.4, -0.2) is 19.7 Å². The molecule has 0 saturated heterocycles. The van der Waals surface area contributed by atoms with Crippen molar-refractivity contribution in [1.82, 2.24) is 19.7 Å². The molecule has 0 N–H and O–H groups in total. The first kappa shape index (κ1) is 16.7. The van der Waals surface area contributed by atoms with E-state index in [4.69, 9.17) is 9.78 Å². The van der Waals surface area contributed by atoms with Gasteiger partial charge in [0.05, 0.1) is 11.6 Å². The second kappa shape index (κ2) is 7.26. The van der Waals surface area contributed by atoms with Gasteiger partial charge in [-0.15, -0.1) is 0 Å². The van der Waals surface area contributed by atoms with Crippen LogP contribution in [0, 0.1) is 18.3 Å². The Morgan fingerprint density at radius 2 is 1.96 bits per heavy atom. The predicted molar refractivity (Wildman–Crippen MR) is 101 cm³/mol. The van der Waals surface area contributed by atoms with Gasteiger partial charge in [0.15, 0.2) is 0 Å². The number of hydrogen-bond donors (Lipinski definition) is 0. The molecule has 2 heterocycles. The van der Waals surface area contributed by atoms with Crippen molar-refractivity contribution in [2.45, 2.75) is 19.9 Å². The summed E-state index contributed by atoms with van der Waals surface area (Å²) in [6.45, 7) is 2.70. The Morgan fingerprint density at radius 3 is 2.78 bits per heavy atom. The molecule has 2 aromatic heterocycles. The van der Waals surface area contributed by atoms with Crippen LogP contribution in [0.3, 0.4) is 0 Å². The lowest BCUT2D eigenvalue weighted by Crippen LogP contribution is -2.03. The van der Waals surface area contributed by atoms with Crippen LogP contribution in [0.1, 0.15) is 17.0 Å². The Bertz CT molecular complexity index is 1100. The van der Waals surface area contributed by atoms with E-state index in [-0.39, 0.29) is 0 Å². The van der Waals surface area contributed by atoms with E-state index in [2.05, 4.69) is 21.2 Å². The summed E-state index contributed by atoms with van der Waals surface area (Å²) in [5, 5.41) is 13.2. The lowest BCUT2D eigenvalue weighted by molar-refractivity contribution is 0.372. The van der Waals surface area contributed by atoms with Gasteiger partial charge in [0.2, 0.25) is 11.7 Å². The Kier molecular flexibility index (Phi) is 4.50. The molecule has 0 saturated carbocycles. The second-order valence-electron chi connectivity index (χ2n) is 6.26. The first-order valence-corrected chi connectivity index (χ1v) is 8.64. The Balaban J connectivity index is 1.50.